The van der Waals surface area contributed by atoms with Crippen molar-refractivity contribution in [1.29, 1.82) is 0 Å². The van der Waals surface area contributed by atoms with Crippen LogP contribution in [-0.2, 0) is 11.2 Å². The summed E-state index contributed by atoms with van der Waals surface area (Å²) in [7, 11) is 0. The van der Waals surface area contributed by atoms with E-state index in [0.29, 0.717) is 22.9 Å². The van der Waals surface area contributed by atoms with Crippen LogP contribution in [0.2, 0.25) is 5.02 Å². The zero-order chi connectivity index (χ0) is 18.5. The van der Waals surface area contributed by atoms with Gasteiger partial charge in [0.1, 0.15) is 11.5 Å². The Bertz CT molecular complexity index is 914. The van der Waals surface area contributed by atoms with Gasteiger partial charge in [0.2, 0.25) is 5.91 Å². The zero-order valence-electron chi connectivity index (χ0n) is 13.7. The summed E-state index contributed by atoms with van der Waals surface area (Å²) in [4.78, 5) is 22.8. The maximum absolute atomic E-state index is 12.0. The Labute approximate surface area is 155 Å². The van der Waals surface area contributed by atoms with E-state index in [4.69, 9.17) is 21.1 Å². The molecule has 3 aromatic rings. The molecule has 2 aromatic carbocycles. The first kappa shape index (κ1) is 17.8. The van der Waals surface area contributed by atoms with Gasteiger partial charge in [-0.2, -0.15) is 0 Å². The Morgan fingerprint density at radius 1 is 0.962 bits per heavy atom. The molecule has 0 atom stereocenters. The number of amides is 1. The molecule has 0 radical (unpaired) electrons. The second-order valence-electron chi connectivity index (χ2n) is 5.70. The van der Waals surface area contributed by atoms with E-state index in [0.717, 1.165) is 11.3 Å². The molecule has 0 spiro atoms. The Balaban J connectivity index is 1.54. The van der Waals surface area contributed by atoms with Crippen molar-refractivity contribution in [2.24, 2.45) is 0 Å². The normalized spacial score (nSPS) is 10.5. The monoisotopic (exact) mass is 369 g/mol. The number of carboxylic acids is 1. The summed E-state index contributed by atoms with van der Waals surface area (Å²) in [5.74, 6) is 0.266. The third-order valence-corrected chi connectivity index (χ3v) is 4.06. The number of halogens is 1. The van der Waals surface area contributed by atoms with E-state index in [1.165, 1.54) is 12.1 Å². The van der Waals surface area contributed by atoms with Crippen LogP contribution in [0, 0.1) is 0 Å². The summed E-state index contributed by atoms with van der Waals surface area (Å²) < 4.78 is 5.76. The fourth-order valence-electron chi connectivity index (χ4n) is 2.44. The SMILES string of the molecule is O=C(CCc1ccc(-c2ccc(Cl)cc2)o1)Nc1ccc(C(=O)O)cc1. The molecule has 0 unspecified atom stereocenters. The molecule has 1 aromatic heterocycles. The van der Waals surface area contributed by atoms with Gasteiger partial charge in [-0.1, -0.05) is 11.6 Å². The van der Waals surface area contributed by atoms with Gasteiger partial charge in [-0.05, 0) is 60.7 Å². The Hall–Kier alpha value is -3.05. The molecule has 6 heteroatoms. The van der Waals surface area contributed by atoms with Crippen LogP contribution in [-0.4, -0.2) is 17.0 Å². The molecule has 0 saturated carbocycles. The highest BCUT2D eigenvalue weighted by Gasteiger charge is 2.09. The first-order chi connectivity index (χ1) is 12.5. The van der Waals surface area contributed by atoms with Crippen molar-refractivity contribution in [3.8, 4) is 11.3 Å². The Kier molecular flexibility index (Phi) is 5.39. The van der Waals surface area contributed by atoms with Gasteiger partial charge in [0.05, 0.1) is 5.56 Å². The predicted molar refractivity (Wildman–Crippen MR) is 99.5 cm³/mol. The summed E-state index contributed by atoms with van der Waals surface area (Å²) in [5, 5.41) is 12.3. The lowest BCUT2D eigenvalue weighted by Crippen LogP contribution is -2.12. The molecule has 0 aliphatic heterocycles. The van der Waals surface area contributed by atoms with E-state index in [2.05, 4.69) is 5.32 Å². The van der Waals surface area contributed by atoms with Gasteiger partial charge in [0.25, 0.3) is 0 Å². The standard InChI is InChI=1S/C20H16ClNO4/c21-15-5-1-13(2-6-15)18-11-9-17(26-18)10-12-19(23)22-16-7-3-14(4-8-16)20(24)25/h1-9,11H,10,12H2,(H,22,23)(H,24,25). The molecular weight excluding hydrogens is 354 g/mol. The third-order valence-electron chi connectivity index (χ3n) is 3.80. The molecule has 0 saturated heterocycles. The summed E-state index contributed by atoms with van der Waals surface area (Å²) in [5.41, 5.74) is 1.65. The average molecular weight is 370 g/mol. The molecule has 0 bridgehead atoms. The number of hydrogen-bond donors (Lipinski definition) is 2. The van der Waals surface area contributed by atoms with Gasteiger partial charge >= 0.3 is 5.97 Å². The summed E-state index contributed by atoms with van der Waals surface area (Å²) in [6.45, 7) is 0. The van der Waals surface area contributed by atoms with Crippen molar-refractivity contribution in [3.05, 3.63) is 77.0 Å². The molecule has 2 N–H and O–H groups in total. The van der Waals surface area contributed by atoms with Crippen LogP contribution in [0.25, 0.3) is 11.3 Å². The van der Waals surface area contributed by atoms with Gasteiger partial charge in [0.15, 0.2) is 0 Å². The highest BCUT2D eigenvalue weighted by molar-refractivity contribution is 6.30. The Morgan fingerprint density at radius 2 is 1.65 bits per heavy atom. The van der Waals surface area contributed by atoms with Crippen LogP contribution in [0.15, 0.2) is 65.1 Å². The molecule has 1 amide bonds. The predicted octanol–water partition coefficient (Wildman–Crippen LogP) is 4.87. The van der Waals surface area contributed by atoms with Gasteiger partial charge in [-0.15, -0.1) is 0 Å². The van der Waals surface area contributed by atoms with E-state index >= 15 is 0 Å². The maximum Gasteiger partial charge on any atom is 0.335 e. The largest absolute Gasteiger partial charge is 0.478 e. The first-order valence-electron chi connectivity index (χ1n) is 7.99. The fourth-order valence-corrected chi connectivity index (χ4v) is 2.56. The van der Waals surface area contributed by atoms with Gasteiger partial charge in [-0.3, -0.25) is 4.79 Å². The van der Waals surface area contributed by atoms with Crippen LogP contribution in [0.3, 0.4) is 0 Å². The molecule has 0 fully saturated rings. The van der Waals surface area contributed by atoms with Crippen molar-refractivity contribution in [2.45, 2.75) is 12.8 Å². The van der Waals surface area contributed by atoms with Crippen LogP contribution < -0.4 is 5.32 Å². The van der Waals surface area contributed by atoms with Gasteiger partial charge in [-0.25, -0.2) is 4.79 Å². The van der Waals surface area contributed by atoms with Crippen molar-refractivity contribution in [1.82, 2.24) is 0 Å². The first-order valence-corrected chi connectivity index (χ1v) is 8.37. The molecule has 3 rings (SSSR count). The number of carbonyl (C=O) groups is 2. The number of rotatable bonds is 6. The van der Waals surface area contributed by atoms with Crippen LogP contribution in [0.4, 0.5) is 5.69 Å². The number of nitrogens with one attached hydrogen (secondary N) is 1. The summed E-state index contributed by atoms with van der Waals surface area (Å²) >= 11 is 5.88. The van der Waals surface area contributed by atoms with Crippen molar-refractivity contribution in [3.63, 3.8) is 0 Å². The van der Waals surface area contributed by atoms with Crippen LogP contribution >= 0.6 is 11.6 Å². The second kappa shape index (κ2) is 7.89. The number of benzene rings is 2. The van der Waals surface area contributed by atoms with E-state index < -0.39 is 5.97 Å². The number of aromatic carboxylic acids is 1. The number of anilines is 1. The third kappa shape index (κ3) is 4.52. The minimum absolute atomic E-state index is 0.169. The lowest BCUT2D eigenvalue weighted by Gasteiger charge is -2.05. The van der Waals surface area contributed by atoms with E-state index in [9.17, 15) is 9.59 Å². The number of carbonyl (C=O) groups excluding carboxylic acids is 1. The summed E-state index contributed by atoms with van der Waals surface area (Å²) in [6, 6.07) is 17.1. The molecular formula is C20H16ClNO4. The minimum atomic E-state index is -1.00. The molecule has 0 aliphatic rings. The lowest BCUT2D eigenvalue weighted by molar-refractivity contribution is -0.116. The number of furan rings is 1. The number of aryl methyl sites for hydroxylation is 1. The van der Waals surface area contributed by atoms with Crippen molar-refractivity contribution >= 4 is 29.2 Å². The molecule has 0 aliphatic carbocycles. The summed E-state index contributed by atoms with van der Waals surface area (Å²) in [6.07, 6.45) is 0.723. The highest BCUT2D eigenvalue weighted by atomic mass is 35.5. The van der Waals surface area contributed by atoms with Crippen LogP contribution in [0.5, 0.6) is 0 Å². The topological polar surface area (TPSA) is 79.5 Å². The quantitative estimate of drug-likeness (QED) is 0.649. The number of hydrogen-bond acceptors (Lipinski definition) is 3. The molecule has 26 heavy (non-hydrogen) atoms. The van der Waals surface area contributed by atoms with Gasteiger partial charge < -0.3 is 14.8 Å². The molecule has 132 valence electrons. The minimum Gasteiger partial charge on any atom is -0.478 e. The average Bonchev–Trinajstić information content (AvgIpc) is 3.10. The van der Waals surface area contributed by atoms with Crippen molar-refractivity contribution < 1.29 is 19.1 Å². The molecule has 5 nitrogen and oxygen atoms in total. The van der Waals surface area contributed by atoms with Crippen molar-refractivity contribution in [2.75, 3.05) is 5.32 Å². The Morgan fingerprint density at radius 3 is 2.31 bits per heavy atom. The second-order valence-corrected chi connectivity index (χ2v) is 6.14. The number of carboxylic acid groups (broad SMARTS) is 1. The highest BCUT2D eigenvalue weighted by Crippen LogP contribution is 2.24. The van der Waals surface area contributed by atoms with E-state index in [-0.39, 0.29) is 17.9 Å². The zero-order valence-corrected chi connectivity index (χ0v) is 14.5. The maximum atomic E-state index is 12.0. The lowest BCUT2D eigenvalue weighted by atomic mass is 10.2. The van der Waals surface area contributed by atoms with E-state index in [1.54, 1.807) is 24.3 Å². The van der Waals surface area contributed by atoms with E-state index in [1.807, 2.05) is 24.3 Å². The van der Waals surface area contributed by atoms with Crippen LogP contribution in [0.1, 0.15) is 22.5 Å². The van der Waals surface area contributed by atoms with Gasteiger partial charge in [0, 0.05) is 29.1 Å². The molecule has 1 heterocycles. The fraction of sp³-hybridized carbons (Fsp3) is 0.100. The smallest absolute Gasteiger partial charge is 0.335 e.